The molecule has 2 aromatic rings. The lowest BCUT2D eigenvalue weighted by Gasteiger charge is -2.36. The average molecular weight is 373 g/mol. The fourth-order valence-electron chi connectivity index (χ4n) is 5.16. The van der Waals surface area contributed by atoms with Gasteiger partial charge in [0.1, 0.15) is 0 Å². The Morgan fingerprint density at radius 2 is 2.00 bits per heavy atom. The van der Waals surface area contributed by atoms with E-state index in [4.69, 9.17) is 5.73 Å². The molecule has 142 valence electrons. The van der Waals surface area contributed by atoms with E-state index in [9.17, 15) is 13.2 Å². The number of hydrogen-bond acceptors (Lipinski definition) is 3. The number of rotatable bonds is 1. The molecule has 2 aromatic carbocycles. The number of halogens is 3. The monoisotopic (exact) mass is 373 g/mol. The molecule has 5 rings (SSSR count). The van der Waals surface area contributed by atoms with E-state index in [0.29, 0.717) is 17.5 Å². The van der Waals surface area contributed by atoms with Crippen molar-refractivity contribution in [3.05, 3.63) is 47.0 Å². The summed E-state index contributed by atoms with van der Waals surface area (Å²) in [6.07, 6.45) is -1.36. The maximum atomic E-state index is 13.6. The van der Waals surface area contributed by atoms with E-state index in [1.807, 2.05) is 12.1 Å². The first-order chi connectivity index (χ1) is 12.9. The summed E-state index contributed by atoms with van der Waals surface area (Å²) in [7, 11) is 0. The van der Waals surface area contributed by atoms with Gasteiger partial charge in [-0.25, -0.2) is 0 Å². The third-order valence-corrected chi connectivity index (χ3v) is 6.26. The third-order valence-electron chi connectivity index (χ3n) is 6.26. The number of anilines is 2. The number of nitrogen functional groups attached to an aromatic ring is 1. The van der Waals surface area contributed by atoms with Crippen LogP contribution in [0.15, 0.2) is 30.3 Å². The van der Waals surface area contributed by atoms with E-state index in [1.54, 1.807) is 6.07 Å². The second kappa shape index (κ2) is 5.89. The van der Waals surface area contributed by atoms with Crippen molar-refractivity contribution in [3.8, 4) is 11.1 Å². The van der Waals surface area contributed by atoms with E-state index in [2.05, 4.69) is 10.2 Å². The molecule has 0 bridgehead atoms. The highest BCUT2D eigenvalue weighted by Gasteiger charge is 2.42. The molecule has 1 unspecified atom stereocenters. The van der Waals surface area contributed by atoms with Gasteiger partial charge < -0.3 is 16.0 Å². The Morgan fingerprint density at radius 1 is 1.15 bits per heavy atom. The molecular weight excluding hydrogens is 351 g/mol. The second-order valence-corrected chi connectivity index (χ2v) is 7.84. The zero-order valence-electron chi connectivity index (χ0n) is 14.9. The van der Waals surface area contributed by atoms with Crippen LogP contribution < -0.4 is 16.0 Å². The Balaban J connectivity index is 1.70. The average Bonchev–Trinajstić information content (AvgIpc) is 2.97. The maximum absolute atomic E-state index is 13.6. The van der Waals surface area contributed by atoms with Crippen molar-refractivity contribution in [3.63, 3.8) is 0 Å². The van der Waals surface area contributed by atoms with Gasteiger partial charge in [0.15, 0.2) is 0 Å². The summed E-state index contributed by atoms with van der Waals surface area (Å²) >= 11 is 0. The molecule has 3 aliphatic heterocycles. The highest BCUT2D eigenvalue weighted by molar-refractivity contribution is 5.79. The number of nitrogens with one attached hydrogen (secondary N) is 1. The van der Waals surface area contributed by atoms with E-state index >= 15 is 0 Å². The molecule has 0 spiro atoms. The van der Waals surface area contributed by atoms with Crippen molar-refractivity contribution in [2.24, 2.45) is 0 Å². The molecule has 0 amide bonds. The van der Waals surface area contributed by atoms with Crippen molar-refractivity contribution in [2.75, 3.05) is 30.3 Å². The van der Waals surface area contributed by atoms with Crippen LogP contribution >= 0.6 is 0 Å². The van der Waals surface area contributed by atoms with Crippen LogP contribution in [0.25, 0.3) is 11.1 Å². The van der Waals surface area contributed by atoms with Crippen LogP contribution in [0.2, 0.25) is 0 Å². The van der Waals surface area contributed by atoms with Crippen LogP contribution in [0.4, 0.5) is 24.5 Å². The lowest BCUT2D eigenvalue weighted by molar-refractivity contribution is -0.137. The molecule has 3 aliphatic rings. The van der Waals surface area contributed by atoms with E-state index < -0.39 is 11.7 Å². The molecule has 1 fully saturated rings. The number of nitrogens with two attached hydrogens (primary N) is 1. The predicted octanol–water partition coefficient (Wildman–Crippen LogP) is 4.17. The Morgan fingerprint density at radius 3 is 2.81 bits per heavy atom. The highest BCUT2D eigenvalue weighted by atomic mass is 19.4. The standard InChI is InChI=1S/C21H22F3N3/c22-21(23,24)18-10-14(25)3-4-15(18)13-8-12-2-1-7-27-19-5-6-26-11-17(19)16(9-13)20(12)27/h3-4,8-10,17,19,26H,1-2,5-7,11,25H2/t17?,19-/m0/s1. The molecule has 6 heteroatoms. The third kappa shape index (κ3) is 2.61. The minimum atomic E-state index is -4.43. The molecule has 1 saturated heterocycles. The lowest BCUT2D eigenvalue weighted by atomic mass is 9.86. The summed E-state index contributed by atoms with van der Waals surface area (Å²) < 4.78 is 40.9. The van der Waals surface area contributed by atoms with Crippen molar-refractivity contribution < 1.29 is 13.2 Å². The minimum Gasteiger partial charge on any atom is -0.399 e. The van der Waals surface area contributed by atoms with E-state index in [-0.39, 0.29) is 11.3 Å². The molecular formula is C21H22F3N3. The predicted molar refractivity (Wildman–Crippen MR) is 101 cm³/mol. The van der Waals surface area contributed by atoms with Crippen LogP contribution in [-0.4, -0.2) is 25.7 Å². The van der Waals surface area contributed by atoms with Gasteiger partial charge >= 0.3 is 6.18 Å². The number of nitrogens with zero attached hydrogens (tertiary/aromatic N) is 1. The van der Waals surface area contributed by atoms with Gasteiger partial charge in [-0.15, -0.1) is 0 Å². The second-order valence-electron chi connectivity index (χ2n) is 7.84. The Bertz CT molecular complexity index is 906. The van der Waals surface area contributed by atoms with Crippen LogP contribution in [-0.2, 0) is 12.6 Å². The number of piperidine rings is 1. The maximum Gasteiger partial charge on any atom is 0.417 e. The Hall–Kier alpha value is -2.21. The van der Waals surface area contributed by atoms with Crippen LogP contribution in [0.1, 0.15) is 35.4 Å². The lowest BCUT2D eigenvalue weighted by Crippen LogP contribution is -2.45. The Labute approximate surface area is 156 Å². The normalized spacial score (nSPS) is 23.9. The van der Waals surface area contributed by atoms with Gasteiger partial charge in [-0.2, -0.15) is 13.2 Å². The smallest absolute Gasteiger partial charge is 0.399 e. The van der Waals surface area contributed by atoms with Crippen LogP contribution in [0.5, 0.6) is 0 Å². The number of benzene rings is 2. The van der Waals surface area contributed by atoms with Crippen molar-refractivity contribution in [2.45, 2.75) is 37.4 Å². The van der Waals surface area contributed by atoms with E-state index in [0.717, 1.165) is 45.0 Å². The first-order valence-electron chi connectivity index (χ1n) is 9.55. The topological polar surface area (TPSA) is 41.3 Å². The fourth-order valence-corrected chi connectivity index (χ4v) is 5.16. The molecule has 27 heavy (non-hydrogen) atoms. The number of aryl methyl sites for hydroxylation is 1. The Kier molecular flexibility index (Phi) is 3.69. The molecule has 0 aliphatic carbocycles. The van der Waals surface area contributed by atoms with Crippen molar-refractivity contribution in [1.29, 1.82) is 0 Å². The molecule has 3 heterocycles. The number of hydrogen-bond donors (Lipinski definition) is 2. The summed E-state index contributed by atoms with van der Waals surface area (Å²) in [5.41, 5.74) is 9.69. The largest absolute Gasteiger partial charge is 0.417 e. The number of alkyl halides is 3. The quantitative estimate of drug-likeness (QED) is 0.738. The molecule has 0 aromatic heterocycles. The van der Waals surface area contributed by atoms with Gasteiger partial charge in [0.2, 0.25) is 0 Å². The van der Waals surface area contributed by atoms with Crippen LogP contribution in [0.3, 0.4) is 0 Å². The zero-order chi connectivity index (χ0) is 18.8. The van der Waals surface area contributed by atoms with Crippen molar-refractivity contribution >= 4 is 11.4 Å². The van der Waals surface area contributed by atoms with E-state index in [1.165, 1.54) is 22.9 Å². The van der Waals surface area contributed by atoms with Crippen LogP contribution in [0, 0.1) is 0 Å². The van der Waals surface area contributed by atoms with Gasteiger partial charge in [-0.1, -0.05) is 6.07 Å². The van der Waals surface area contributed by atoms with Gasteiger partial charge in [-0.05, 0) is 72.3 Å². The molecule has 3 N–H and O–H groups in total. The summed E-state index contributed by atoms with van der Waals surface area (Å²) in [6.45, 7) is 2.95. The molecule has 3 nitrogen and oxygen atoms in total. The highest BCUT2D eigenvalue weighted by Crippen LogP contribution is 2.50. The zero-order valence-corrected chi connectivity index (χ0v) is 14.9. The molecule has 2 atom stereocenters. The van der Waals surface area contributed by atoms with Gasteiger partial charge in [0.25, 0.3) is 0 Å². The summed E-state index contributed by atoms with van der Waals surface area (Å²) in [6, 6.07) is 8.56. The van der Waals surface area contributed by atoms with Gasteiger partial charge in [0, 0.05) is 36.4 Å². The first-order valence-corrected chi connectivity index (χ1v) is 9.55. The summed E-state index contributed by atoms with van der Waals surface area (Å²) in [4.78, 5) is 2.51. The SMILES string of the molecule is Nc1ccc(-c2cc3c4c(c2)C2CNCC[C@@H]2N4CCC3)c(C(F)(F)F)c1. The summed E-state index contributed by atoms with van der Waals surface area (Å²) in [5, 5.41) is 3.46. The number of fused-ring (bicyclic) bond motifs is 3. The minimum absolute atomic E-state index is 0.135. The van der Waals surface area contributed by atoms with Gasteiger partial charge in [-0.3, -0.25) is 0 Å². The van der Waals surface area contributed by atoms with Gasteiger partial charge in [0.05, 0.1) is 5.56 Å². The first kappa shape index (κ1) is 16.9. The van der Waals surface area contributed by atoms with Crippen molar-refractivity contribution in [1.82, 2.24) is 5.32 Å². The molecule has 0 saturated carbocycles. The summed E-state index contributed by atoms with van der Waals surface area (Å²) in [5.74, 6) is 0.355. The molecule has 0 radical (unpaired) electrons. The fraction of sp³-hybridized carbons (Fsp3) is 0.429.